The van der Waals surface area contributed by atoms with Gasteiger partial charge in [-0.25, -0.2) is 10.2 Å². The predicted octanol–water partition coefficient (Wildman–Crippen LogP) is 2.64. The van der Waals surface area contributed by atoms with Crippen LogP contribution in [-0.2, 0) is 4.79 Å². The molecule has 0 heterocycles. The van der Waals surface area contributed by atoms with Crippen LogP contribution in [0.25, 0.3) is 0 Å². The molecule has 0 atom stereocenters. The molecule has 0 saturated carbocycles. The van der Waals surface area contributed by atoms with E-state index < -0.39 is 0 Å². The van der Waals surface area contributed by atoms with Gasteiger partial charge in [0.1, 0.15) is 0 Å². The summed E-state index contributed by atoms with van der Waals surface area (Å²) in [4.78, 5) is 8.35. The summed E-state index contributed by atoms with van der Waals surface area (Å²) in [5.74, 6) is 0. The lowest BCUT2D eigenvalue weighted by Crippen LogP contribution is -2.11. The molecule has 3 N–H and O–H groups in total. The van der Waals surface area contributed by atoms with E-state index in [1.54, 1.807) is 0 Å². The molecule has 0 aromatic heterocycles. The molecule has 86 valence electrons. The van der Waals surface area contributed by atoms with Gasteiger partial charge in [-0.1, -0.05) is 60.7 Å². The number of carbonyl (C=O) groups excluding carboxylic acids is 1. The first-order valence-corrected chi connectivity index (χ1v) is 5.19. The zero-order valence-electron chi connectivity index (χ0n) is 9.34. The van der Waals surface area contributed by atoms with Gasteiger partial charge in [-0.3, -0.25) is 0 Å². The van der Waals surface area contributed by atoms with Crippen molar-refractivity contribution in [1.29, 1.82) is 5.41 Å². The van der Waals surface area contributed by atoms with E-state index in [1.807, 2.05) is 36.4 Å². The lowest BCUT2D eigenvalue weighted by atomic mass is 10.00. The molecular formula is C14H14N2O. The Balaban J connectivity index is 0.000000437. The van der Waals surface area contributed by atoms with E-state index >= 15 is 0 Å². The predicted molar refractivity (Wildman–Crippen MR) is 67.3 cm³/mol. The van der Waals surface area contributed by atoms with Crippen LogP contribution in [0.2, 0.25) is 0 Å². The first-order chi connectivity index (χ1) is 8.29. The van der Waals surface area contributed by atoms with E-state index in [0.717, 1.165) is 17.2 Å². The standard InChI is InChI=1S/C13H13N.CHNO/c14-13(11-7-3-1-4-8-11)12-9-5-2-6-10-12;2-1-3/h1-10,13H,14H2;2H. The van der Waals surface area contributed by atoms with Crippen LogP contribution >= 0.6 is 0 Å². The van der Waals surface area contributed by atoms with Gasteiger partial charge in [0, 0.05) is 0 Å². The summed E-state index contributed by atoms with van der Waals surface area (Å²) in [6.07, 6.45) is 0.750. The van der Waals surface area contributed by atoms with Crippen LogP contribution in [0.5, 0.6) is 0 Å². The molecule has 2 aromatic carbocycles. The maximum Gasteiger partial charge on any atom is 0.231 e. The largest absolute Gasteiger partial charge is 0.320 e. The minimum absolute atomic E-state index is 0.0163. The van der Waals surface area contributed by atoms with Crippen LogP contribution in [0.1, 0.15) is 17.2 Å². The van der Waals surface area contributed by atoms with Gasteiger partial charge in [-0.05, 0) is 11.1 Å². The van der Waals surface area contributed by atoms with E-state index in [1.165, 1.54) is 0 Å². The van der Waals surface area contributed by atoms with Crippen molar-refractivity contribution in [2.75, 3.05) is 0 Å². The van der Waals surface area contributed by atoms with Crippen molar-refractivity contribution in [3.8, 4) is 0 Å². The molecule has 0 radical (unpaired) electrons. The highest BCUT2D eigenvalue weighted by Crippen LogP contribution is 2.18. The van der Waals surface area contributed by atoms with Crippen molar-refractivity contribution in [1.82, 2.24) is 0 Å². The van der Waals surface area contributed by atoms with Crippen molar-refractivity contribution in [2.24, 2.45) is 5.73 Å². The lowest BCUT2D eigenvalue weighted by molar-refractivity contribution is 0.563. The Bertz CT molecular complexity index is 423. The third-order valence-electron chi connectivity index (χ3n) is 2.32. The van der Waals surface area contributed by atoms with Crippen molar-refractivity contribution in [3.63, 3.8) is 0 Å². The smallest absolute Gasteiger partial charge is 0.231 e. The molecule has 0 aliphatic rings. The Hall–Kier alpha value is -2.22. The number of hydrogen-bond acceptors (Lipinski definition) is 3. The molecule has 0 spiro atoms. The summed E-state index contributed by atoms with van der Waals surface area (Å²) in [5, 5.41) is 5.40. The van der Waals surface area contributed by atoms with Crippen molar-refractivity contribution < 1.29 is 4.79 Å². The molecular weight excluding hydrogens is 212 g/mol. The van der Waals surface area contributed by atoms with Crippen LogP contribution in [0, 0.1) is 5.41 Å². The monoisotopic (exact) mass is 226 g/mol. The summed E-state index contributed by atoms with van der Waals surface area (Å²) in [7, 11) is 0. The van der Waals surface area contributed by atoms with Gasteiger partial charge in [0.2, 0.25) is 6.08 Å². The molecule has 0 amide bonds. The molecule has 2 rings (SSSR count). The Labute approximate surface area is 100 Å². The zero-order valence-corrected chi connectivity index (χ0v) is 9.34. The molecule has 0 aliphatic heterocycles. The molecule has 0 saturated heterocycles. The van der Waals surface area contributed by atoms with Crippen LogP contribution in [0.15, 0.2) is 60.7 Å². The number of rotatable bonds is 2. The van der Waals surface area contributed by atoms with E-state index in [9.17, 15) is 0 Å². The molecule has 3 nitrogen and oxygen atoms in total. The third kappa shape index (κ3) is 4.03. The van der Waals surface area contributed by atoms with Gasteiger partial charge >= 0.3 is 0 Å². The highest BCUT2D eigenvalue weighted by Gasteiger charge is 2.06. The summed E-state index contributed by atoms with van der Waals surface area (Å²) in [5.41, 5.74) is 8.42. The fourth-order valence-corrected chi connectivity index (χ4v) is 1.51. The fourth-order valence-electron chi connectivity index (χ4n) is 1.51. The number of hydrogen-bond donors (Lipinski definition) is 2. The molecule has 0 fully saturated rings. The van der Waals surface area contributed by atoms with E-state index in [-0.39, 0.29) is 6.04 Å². The van der Waals surface area contributed by atoms with Crippen LogP contribution in [0.4, 0.5) is 0 Å². The topological polar surface area (TPSA) is 66.9 Å². The molecule has 0 bridgehead atoms. The Morgan fingerprint density at radius 1 is 0.882 bits per heavy atom. The average Bonchev–Trinajstić information content (AvgIpc) is 2.41. The minimum Gasteiger partial charge on any atom is -0.320 e. The van der Waals surface area contributed by atoms with Gasteiger partial charge in [0.05, 0.1) is 6.04 Å². The van der Waals surface area contributed by atoms with E-state index in [2.05, 4.69) is 24.3 Å². The first kappa shape index (κ1) is 12.8. The zero-order chi connectivity index (χ0) is 12.5. The van der Waals surface area contributed by atoms with Gasteiger partial charge in [0.25, 0.3) is 0 Å². The molecule has 0 aliphatic carbocycles. The second kappa shape index (κ2) is 7.12. The fraction of sp³-hybridized carbons (Fsp3) is 0.0714. The molecule has 17 heavy (non-hydrogen) atoms. The maximum atomic E-state index is 8.35. The highest BCUT2D eigenvalue weighted by molar-refractivity contribution is 5.30. The van der Waals surface area contributed by atoms with E-state index in [4.69, 9.17) is 15.9 Å². The van der Waals surface area contributed by atoms with Crippen molar-refractivity contribution >= 4 is 6.08 Å². The second-order valence-corrected chi connectivity index (χ2v) is 3.40. The summed E-state index contributed by atoms with van der Waals surface area (Å²) >= 11 is 0. The number of nitrogens with one attached hydrogen (secondary N) is 1. The Morgan fingerprint density at radius 2 is 1.18 bits per heavy atom. The van der Waals surface area contributed by atoms with Crippen molar-refractivity contribution in [3.05, 3.63) is 71.8 Å². The first-order valence-electron chi connectivity index (χ1n) is 5.19. The second-order valence-electron chi connectivity index (χ2n) is 3.40. The molecule has 0 unspecified atom stereocenters. The third-order valence-corrected chi connectivity index (χ3v) is 2.32. The number of nitrogens with two attached hydrogens (primary N) is 1. The van der Waals surface area contributed by atoms with Gasteiger partial charge in [0.15, 0.2) is 0 Å². The van der Waals surface area contributed by atoms with Gasteiger partial charge < -0.3 is 5.73 Å². The minimum atomic E-state index is -0.0163. The van der Waals surface area contributed by atoms with Gasteiger partial charge in [-0.2, -0.15) is 0 Å². The number of benzene rings is 2. The van der Waals surface area contributed by atoms with Crippen LogP contribution < -0.4 is 5.73 Å². The van der Waals surface area contributed by atoms with Gasteiger partial charge in [-0.15, -0.1) is 0 Å². The summed E-state index contributed by atoms with van der Waals surface area (Å²) in [6, 6.07) is 20.2. The average molecular weight is 226 g/mol. The highest BCUT2D eigenvalue weighted by atomic mass is 16.1. The summed E-state index contributed by atoms with van der Waals surface area (Å²) in [6.45, 7) is 0. The normalized spacial score (nSPS) is 9.06. The summed E-state index contributed by atoms with van der Waals surface area (Å²) < 4.78 is 0. The quantitative estimate of drug-likeness (QED) is 0.610. The molecule has 2 aromatic rings. The SMILES string of the molecule is N=C=O.NC(c1ccccc1)c1ccccc1. The lowest BCUT2D eigenvalue weighted by Gasteiger charge is -2.11. The van der Waals surface area contributed by atoms with E-state index in [0.29, 0.717) is 0 Å². The Morgan fingerprint density at radius 3 is 1.47 bits per heavy atom. The van der Waals surface area contributed by atoms with Crippen LogP contribution in [-0.4, -0.2) is 6.08 Å². The maximum absolute atomic E-state index is 8.35. The number of isocyanates is 1. The molecule has 3 heteroatoms. The van der Waals surface area contributed by atoms with Crippen molar-refractivity contribution in [2.45, 2.75) is 6.04 Å². The Kier molecular flexibility index (Phi) is 5.38. The van der Waals surface area contributed by atoms with Crippen LogP contribution in [0.3, 0.4) is 0 Å².